The van der Waals surface area contributed by atoms with Crippen LogP contribution in [-0.4, -0.2) is 36.7 Å². The Balaban J connectivity index is 1.64. The van der Waals surface area contributed by atoms with E-state index >= 15 is 0 Å². The molecule has 0 atom stereocenters. The van der Waals surface area contributed by atoms with E-state index in [9.17, 15) is 18.0 Å². The SMILES string of the molecule is Cc1nn(Cc2ccccc2)c(C)c1C(=O)OCC(=O)Nc1cccc(S(N)(=O)=O)c1. The second kappa shape index (κ2) is 9.11. The molecule has 0 saturated heterocycles. The Kier molecular flexibility index (Phi) is 6.52. The highest BCUT2D eigenvalue weighted by molar-refractivity contribution is 7.89. The largest absolute Gasteiger partial charge is 0.452 e. The fourth-order valence-electron chi connectivity index (χ4n) is 3.05. The van der Waals surface area contributed by atoms with Crippen molar-refractivity contribution in [2.45, 2.75) is 25.3 Å². The number of esters is 1. The van der Waals surface area contributed by atoms with Crippen molar-refractivity contribution in [1.82, 2.24) is 9.78 Å². The van der Waals surface area contributed by atoms with Gasteiger partial charge < -0.3 is 10.1 Å². The fraction of sp³-hybridized carbons (Fsp3) is 0.190. The summed E-state index contributed by atoms with van der Waals surface area (Å²) in [6.45, 7) is 3.42. The normalized spacial score (nSPS) is 11.2. The number of aryl methyl sites for hydroxylation is 1. The second-order valence-electron chi connectivity index (χ2n) is 6.89. The van der Waals surface area contributed by atoms with Crippen molar-refractivity contribution in [3.05, 3.63) is 77.1 Å². The van der Waals surface area contributed by atoms with E-state index in [2.05, 4.69) is 10.4 Å². The fourth-order valence-corrected chi connectivity index (χ4v) is 3.61. The molecule has 0 unspecified atom stereocenters. The van der Waals surface area contributed by atoms with E-state index in [4.69, 9.17) is 9.88 Å². The van der Waals surface area contributed by atoms with Crippen LogP contribution in [-0.2, 0) is 26.1 Å². The molecular weight excluding hydrogens is 420 g/mol. The molecule has 0 bridgehead atoms. The molecule has 0 fully saturated rings. The van der Waals surface area contributed by atoms with Gasteiger partial charge in [0.15, 0.2) is 6.61 Å². The van der Waals surface area contributed by atoms with Crippen molar-refractivity contribution in [3.8, 4) is 0 Å². The first-order chi connectivity index (χ1) is 14.6. The molecule has 0 saturated carbocycles. The van der Waals surface area contributed by atoms with Gasteiger partial charge in [0, 0.05) is 5.69 Å². The van der Waals surface area contributed by atoms with Crippen molar-refractivity contribution >= 4 is 27.6 Å². The molecule has 0 aliphatic carbocycles. The Morgan fingerprint density at radius 1 is 1.10 bits per heavy atom. The number of carbonyl (C=O) groups is 2. The third kappa shape index (κ3) is 5.56. The summed E-state index contributed by atoms with van der Waals surface area (Å²) in [5.41, 5.74) is 2.69. The van der Waals surface area contributed by atoms with Gasteiger partial charge in [-0.05, 0) is 37.6 Å². The molecule has 0 aliphatic rings. The van der Waals surface area contributed by atoms with Crippen LogP contribution >= 0.6 is 0 Å². The lowest BCUT2D eigenvalue weighted by Gasteiger charge is -2.08. The number of aromatic nitrogens is 2. The number of anilines is 1. The van der Waals surface area contributed by atoms with E-state index in [-0.39, 0.29) is 10.6 Å². The smallest absolute Gasteiger partial charge is 0.342 e. The predicted molar refractivity (Wildman–Crippen MR) is 114 cm³/mol. The monoisotopic (exact) mass is 442 g/mol. The van der Waals surface area contributed by atoms with Crippen LogP contribution in [0, 0.1) is 13.8 Å². The van der Waals surface area contributed by atoms with Crippen molar-refractivity contribution in [2.24, 2.45) is 5.14 Å². The number of ether oxygens (including phenoxy) is 1. The summed E-state index contributed by atoms with van der Waals surface area (Å²) in [7, 11) is -3.90. The Morgan fingerprint density at radius 2 is 1.81 bits per heavy atom. The lowest BCUT2D eigenvalue weighted by atomic mass is 10.2. The molecule has 3 N–H and O–H groups in total. The lowest BCUT2D eigenvalue weighted by Crippen LogP contribution is -2.22. The number of carbonyl (C=O) groups excluding carboxylic acids is 2. The Bertz CT molecular complexity index is 1220. The van der Waals surface area contributed by atoms with Gasteiger partial charge in [-0.25, -0.2) is 18.4 Å². The van der Waals surface area contributed by atoms with E-state index in [1.807, 2.05) is 30.3 Å². The lowest BCUT2D eigenvalue weighted by molar-refractivity contribution is -0.119. The number of benzene rings is 2. The summed E-state index contributed by atoms with van der Waals surface area (Å²) >= 11 is 0. The first kappa shape index (κ1) is 22.2. The molecule has 162 valence electrons. The third-order valence-corrected chi connectivity index (χ3v) is 5.45. The minimum absolute atomic E-state index is 0.139. The third-order valence-electron chi connectivity index (χ3n) is 4.54. The molecule has 3 aromatic rings. The van der Waals surface area contributed by atoms with Crippen molar-refractivity contribution in [1.29, 1.82) is 0 Å². The highest BCUT2D eigenvalue weighted by Gasteiger charge is 2.21. The number of primary sulfonamides is 1. The number of rotatable bonds is 7. The zero-order chi connectivity index (χ0) is 22.6. The number of hydrogen-bond acceptors (Lipinski definition) is 6. The quantitative estimate of drug-likeness (QED) is 0.538. The molecule has 2 aromatic carbocycles. The summed E-state index contributed by atoms with van der Waals surface area (Å²) in [4.78, 5) is 24.5. The van der Waals surface area contributed by atoms with Crippen LogP contribution in [0.15, 0.2) is 59.5 Å². The van der Waals surface area contributed by atoms with E-state index in [1.165, 1.54) is 24.3 Å². The number of sulfonamides is 1. The molecule has 3 rings (SSSR count). The Hall–Kier alpha value is -3.50. The highest BCUT2D eigenvalue weighted by atomic mass is 32.2. The molecule has 31 heavy (non-hydrogen) atoms. The van der Waals surface area contributed by atoms with E-state index < -0.39 is 28.5 Å². The number of amides is 1. The standard InChI is InChI=1S/C21H22N4O5S/c1-14-20(15(2)25(24-14)12-16-7-4-3-5-8-16)21(27)30-13-19(26)23-17-9-6-10-18(11-17)31(22,28)29/h3-11H,12-13H2,1-2H3,(H,23,26)(H2,22,28,29). The summed E-state index contributed by atoms with van der Waals surface area (Å²) in [6, 6.07) is 15.2. The minimum atomic E-state index is -3.90. The summed E-state index contributed by atoms with van der Waals surface area (Å²) in [6.07, 6.45) is 0. The maximum atomic E-state index is 12.5. The van der Waals surface area contributed by atoms with Gasteiger partial charge in [0.05, 0.1) is 22.8 Å². The maximum absolute atomic E-state index is 12.5. The zero-order valence-electron chi connectivity index (χ0n) is 17.0. The van der Waals surface area contributed by atoms with Crippen molar-refractivity contribution < 1.29 is 22.7 Å². The molecular formula is C21H22N4O5S. The second-order valence-corrected chi connectivity index (χ2v) is 8.45. The van der Waals surface area contributed by atoms with Gasteiger partial charge in [-0.15, -0.1) is 0 Å². The van der Waals surface area contributed by atoms with E-state index in [0.29, 0.717) is 23.5 Å². The molecule has 1 heterocycles. The summed E-state index contributed by atoms with van der Waals surface area (Å²) in [5.74, 6) is -1.28. The van der Waals surface area contributed by atoms with E-state index in [1.54, 1.807) is 18.5 Å². The van der Waals surface area contributed by atoms with Gasteiger partial charge in [-0.1, -0.05) is 36.4 Å². The molecule has 1 amide bonds. The minimum Gasteiger partial charge on any atom is -0.452 e. The van der Waals surface area contributed by atoms with E-state index in [0.717, 1.165) is 5.56 Å². The highest BCUT2D eigenvalue weighted by Crippen LogP contribution is 2.17. The average molecular weight is 442 g/mol. The number of nitrogens with one attached hydrogen (secondary N) is 1. The molecule has 9 nitrogen and oxygen atoms in total. The van der Waals surface area contributed by atoms with Crippen LogP contribution < -0.4 is 10.5 Å². The van der Waals surface area contributed by atoms with Gasteiger partial charge in [-0.2, -0.15) is 5.10 Å². The maximum Gasteiger partial charge on any atom is 0.342 e. The van der Waals surface area contributed by atoms with Crippen LogP contribution in [0.2, 0.25) is 0 Å². The number of nitrogens with zero attached hydrogens (tertiary/aromatic N) is 2. The first-order valence-corrected chi connectivity index (χ1v) is 10.9. The molecule has 0 radical (unpaired) electrons. The Labute approximate surface area is 179 Å². The van der Waals surface area contributed by atoms with Gasteiger partial charge in [0.2, 0.25) is 10.0 Å². The van der Waals surface area contributed by atoms with Crippen LogP contribution in [0.4, 0.5) is 5.69 Å². The van der Waals surface area contributed by atoms with Crippen LogP contribution in [0.3, 0.4) is 0 Å². The molecule has 10 heteroatoms. The van der Waals surface area contributed by atoms with Crippen LogP contribution in [0.5, 0.6) is 0 Å². The van der Waals surface area contributed by atoms with Crippen LogP contribution in [0.25, 0.3) is 0 Å². The van der Waals surface area contributed by atoms with Crippen molar-refractivity contribution in [2.75, 3.05) is 11.9 Å². The molecule has 0 aliphatic heterocycles. The van der Waals surface area contributed by atoms with Crippen LogP contribution in [0.1, 0.15) is 27.3 Å². The molecule has 1 aromatic heterocycles. The van der Waals surface area contributed by atoms with Gasteiger partial charge in [0.25, 0.3) is 5.91 Å². The number of nitrogens with two attached hydrogens (primary N) is 1. The van der Waals surface area contributed by atoms with Gasteiger partial charge in [-0.3, -0.25) is 9.48 Å². The van der Waals surface area contributed by atoms with Crippen molar-refractivity contribution in [3.63, 3.8) is 0 Å². The summed E-state index contributed by atoms with van der Waals surface area (Å²) in [5, 5.41) is 12.0. The summed E-state index contributed by atoms with van der Waals surface area (Å²) < 4.78 is 29.7. The zero-order valence-corrected chi connectivity index (χ0v) is 17.8. The predicted octanol–water partition coefficient (Wildman–Crippen LogP) is 1.99. The van der Waals surface area contributed by atoms with Gasteiger partial charge >= 0.3 is 5.97 Å². The average Bonchev–Trinajstić information content (AvgIpc) is 2.99. The Morgan fingerprint density at radius 3 is 2.48 bits per heavy atom. The topological polar surface area (TPSA) is 133 Å². The first-order valence-electron chi connectivity index (χ1n) is 9.33. The van der Waals surface area contributed by atoms with Gasteiger partial charge in [0.1, 0.15) is 5.56 Å². The number of hydrogen-bond donors (Lipinski definition) is 2. The molecule has 0 spiro atoms.